The second-order valence-corrected chi connectivity index (χ2v) is 4.59. The lowest BCUT2D eigenvalue weighted by molar-refractivity contribution is -0.114. The highest BCUT2D eigenvalue weighted by atomic mass is 16.2. The Bertz CT molecular complexity index is 741. The van der Waals surface area contributed by atoms with Gasteiger partial charge >= 0.3 is 0 Å². The largest absolute Gasteiger partial charge is 0.366 e. The molecule has 3 amide bonds. The number of para-hydroxylation sites is 2. The first kappa shape index (κ1) is 15.2. The van der Waals surface area contributed by atoms with Crippen LogP contribution in [0.3, 0.4) is 0 Å². The maximum Gasteiger partial charge on any atom is 0.257 e. The molecule has 22 heavy (non-hydrogen) atoms. The highest BCUT2D eigenvalue weighted by Crippen LogP contribution is 2.19. The smallest absolute Gasteiger partial charge is 0.257 e. The molecule has 6 nitrogen and oxygen atoms in total. The molecule has 0 aliphatic heterocycles. The lowest BCUT2D eigenvalue weighted by atomic mass is 10.1. The molecule has 6 heteroatoms. The fourth-order valence-corrected chi connectivity index (χ4v) is 1.98. The molecule has 0 aliphatic carbocycles. The number of carbonyl (C=O) groups is 3. The van der Waals surface area contributed by atoms with Crippen LogP contribution in [0.4, 0.5) is 11.4 Å². The summed E-state index contributed by atoms with van der Waals surface area (Å²) in [7, 11) is 0. The summed E-state index contributed by atoms with van der Waals surface area (Å²) in [5.41, 5.74) is 6.49. The molecule has 112 valence electrons. The van der Waals surface area contributed by atoms with Crippen LogP contribution in [0.25, 0.3) is 0 Å². The van der Waals surface area contributed by atoms with Crippen LogP contribution in [0.5, 0.6) is 0 Å². The molecule has 0 aliphatic rings. The van der Waals surface area contributed by atoms with E-state index in [9.17, 15) is 14.4 Å². The summed E-state index contributed by atoms with van der Waals surface area (Å²) in [4.78, 5) is 34.9. The van der Waals surface area contributed by atoms with E-state index in [-0.39, 0.29) is 17.0 Å². The van der Waals surface area contributed by atoms with Crippen LogP contribution in [0.2, 0.25) is 0 Å². The fourth-order valence-electron chi connectivity index (χ4n) is 1.98. The summed E-state index contributed by atoms with van der Waals surface area (Å²) in [5.74, 6) is -1.36. The van der Waals surface area contributed by atoms with Crippen molar-refractivity contribution >= 4 is 29.1 Å². The van der Waals surface area contributed by atoms with Gasteiger partial charge in [-0.15, -0.1) is 0 Å². The summed E-state index contributed by atoms with van der Waals surface area (Å²) in [6.07, 6.45) is 0. The zero-order chi connectivity index (χ0) is 16.1. The molecule has 0 heterocycles. The molecule has 0 fully saturated rings. The van der Waals surface area contributed by atoms with Gasteiger partial charge in [0.2, 0.25) is 5.91 Å². The van der Waals surface area contributed by atoms with Crippen LogP contribution in [0.1, 0.15) is 27.6 Å². The molecule has 2 aromatic rings. The molecule has 0 aromatic heterocycles. The summed E-state index contributed by atoms with van der Waals surface area (Å²) >= 11 is 0. The zero-order valence-corrected chi connectivity index (χ0v) is 11.9. The van der Waals surface area contributed by atoms with Crippen LogP contribution in [-0.2, 0) is 4.79 Å². The first-order valence-electron chi connectivity index (χ1n) is 6.56. The van der Waals surface area contributed by atoms with Gasteiger partial charge in [-0.05, 0) is 24.3 Å². The average Bonchev–Trinajstić information content (AvgIpc) is 2.47. The van der Waals surface area contributed by atoms with E-state index in [1.165, 1.54) is 13.0 Å². The van der Waals surface area contributed by atoms with Gasteiger partial charge in [-0.3, -0.25) is 14.4 Å². The zero-order valence-electron chi connectivity index (χ0n) is 11.9. The predicted octanol–water partition coefficient (Wildman–Crippen LogP) is 2.00. The summed E-state index contributed by atoms with van der Waals surface area (Å²) < 4.78 is 0. The van der Waals surface area contributed by atoms with Gasteiger partial charge in [0.1, 0.15) is 0 Å². The van der Waals surface area contributed by atoms with E-state index in [4.69, 9.17) is 5.73 Å². The first-order chi connectivity index (χ1) is 10.5. The number of hydrogen-bond donors (Lipinski definition) is 3. The van der Waals surface area contributed by atoms with Gasteiger partial charge in [-0.25, -0.2) is 0 Å². The third-order valence-electron chi connectivity index (χ3n) is 2.92. The van der Waals surface area contributed by atoms with Crippen molar-refractivity contribution in [3.8, 4) is 0 Å². The second kappa shape index (κ2) is 6.53. The van der Waals surface area contributed by atoms with Crippen LogP contribution < -0.4 is 16.4 Å². The van der Waals surface area contributed by atoms with Crippen molar-refractivity contribution in [3.05, 3.63) is 59.7 Å². The third-order valence-corrected chi connectivity index (χ3v) is 2.92. The summed E-state index contributed by atoms with van der Waals surface area (Å²) in [5, 5.41) is 5.22. The van der Waals surface area contributed by atoms with Crippen molar-refractivity contribution in [1.29, 1.82) is 0 Å². The lowest BCUT2D eigenvalue weighted by Crippen LogP contribution is -2.19. The monoisotopic (exact) mass is 297 g/mol. The van der Waals surface area contributed by atoms with E-state index in [0.717, 1.165) is 0 Å². The number of hydrogen-bond acceptors (Lipinski definition) is 3. The predicted molar refractivity (Wildman–Crippen MR) is 83.7 cm³/mol. The topological polar surface area (TPSA) is 101 Å². The number of carbonyl (C=O) groups excluding carboxylic acids is 3. The van der Waals surface area contributed by atoms with Crippen molar-refractivity contribution in [3.63, 3.8) is 0 Å². The Morgan fingerprint density at radius 1 is 0.818 bits per heavy atom. The highest BCUT2D eigenvalue weighted by molar-refractivity contribution is 6.12. The summed E-state index contributed by atoms with van der Waals surface area (Å²) in [6, 6.07) is 13.0. The Labute approximate surface area is 127 Å². The van der Waals surface area contributed by atoms with Crippen molar-refractivity contribution in [2.45, 2.75) is 6.92 Å². The maximum absolute atomic E-state index is 12.4. The number of anilines is 2. The minimum atomic E-state index is -0.633. The SMILES string of the molecule is CC(=O)Nc1ccccc1C(=O)Nc1ccccc1C(N)=O. The molecular formula is C16H15N3O3. The molecule has 0 saturated carbocycles. The normalized spacial score (nSPS) is 9.86. The van der Waals surface area contributed by atoms with Crippen LogP contribution >= 0.6 is 0 Å². The Kier molecular flexibility index (Phi) is 4.53. The quantitative estimate of drug-likeness (QED) is 0.804. The molecule has 0 radical (unpaired) electrons. The number of benzene rings is 2. The standard InChI is InChI=1S/C16H15N3O3/c1-10(20)18-14-9-5-3-7-12(14)16(22)19-13-8-4-2-6-11(13)15(17)21/h2-9H,1H3,(H2,17,21)(H,18,20)(H,19,22). The van der Waals surface area contributed by atoms with Gasteiger partial charge in [0.25, 0.3) is 11.8 Å². The number of amides is 3. The molecule has 0 saturated heterocycles. The van der Waals surface area contributed by atoms with Crippen LogP contribution in [-0.4, -0.2) is 17.7 Å². The van der Waals surface area contributed by atoms with E-state index in [1.54, 1.807) is 42.5 Å². The summed E-state index contributed by atoms with van der Waals surface area (Å²) in [6.45, 7) is 1.36. The van der Waals surface area contributed by atoms with Crippen molar-refractivity contribution in [2.24, 2.45) is 5.73 Å². The number of primary amides is 1. The Balaban J connectivity index is 2.31. The van der Waals surface area contributed by atoms with Gasteiger partial charge in [-0.2, -0.15) is 0 Å². The van der Waals surface area contributed by atoms with Gasteiger partial charge in [0.15, 0.2) is 0 Å². The molecule has 0 atom stereocenters. The number of rotatable bonds is 4. The minimum Gasteiger partial charge on any atom is -0.366 e. The van der Waals surface area contributed by atoms with Crippen molar-refractivity contribution in [1.82, 2.24) is 0 Å². The van der Waals surface area contributed by atoms with Gasteiger partial charge in [-0.1, -0.05) is 24.3 Å². The molecule has 0 unspecified atom stereocenters. The molecule has 2 aromatic carbocycles. The fraction of sp³-hybridized carbons (Fsp3) is 0.0625. The maximum atomic E-state index is 12.4. The van der Waals surface area contributed by atoms with E-state index >= 15 is 0 Å². The van der Waals surface area contributed by atoms with E-state index in [0.29, 0.717) is 11.4 Å². The van der Waals surface area contributed by atoms with Crippen molar-refractivity contribution in [2.75, 3.05) is 10.6 Å². The highest BCUT2D eigenvalue weighted by Gasteiger charge is 2.15. The minimum absolute atomic E-state index is 0.216. The Morgan fingerprint density at radius 2 is 1.32 bits per heavy atom. The van der Waals surface area contributed by atoms with E-state index < -0.39 is 11.8 Å². The number of nitrogens with two attached hydrogens (primary N) is 1. The molecule has 0 spiro atoms. The molecule has 0 bridgehead atoms. The van der Waals surface area contributed by atoms with Gasteiger partial charge in [0, 0.05) is 6.92 Å². The number of nitrogens with one attached hydrogen (secondary N) is 2. The van der Waals surface area contributed by atoms with Crippen LogP contribution in [0.15, 0.2) is 48.5 Å². The first-order valence-corrected chi connectivity index (χ1v) is 6.56. The Morgan fingerprint density at radius 3 is 1.86 bits per heavy atom. The lowest BCUT2D eigenvalue weighted by Gasteiger charge is -2.12. The molecule has 4 N–H and O–H groups in total. The van der Waals surface area contributed by atoms with Gasteiger partial charge < -0.3 is 16.4 Å². The van der Waals surface area contributed by atoms with E-state index in [1.807, 2.05) is 0 Å². The third kappa shape index (κ3) is 3.49. The van der Waals surface area contributed by atoms with Crippen molar-refractivity contribution < 1.29 is 14.4 Å². The molecular weight excluding hydrogens is 282 g/mol. The second-order valence-electron chi connectivity index (χ2n) is 4.59. The van der Waals surface area contributed by atoms with Gasteiger partial charge in [0.05, 0.1) is 22.5 Å². The Hall–Kier alpha value is -3.15. The molecule has 2 rings (SSSR count). The average molecular weight is 297 g/mol. The van der Waals surface area contributed by atoms with Crippen LogP contribution in [0, 0.1) is 0 Å². The van der Waals surface area contributed by atoms with E-state index in [2.05, 4.69) is 10.6 Å².